The van der Waals surface area contributed by atoms with Crippen LogP contribution in [0.3, 0.4) is 0 Å². The van der Waals surface area contributed by atoms with Gasteiger partial charge in [0, 0.05) is 30.5 Å². The maximum absolute atomic E-state index is 11.9. The van der Waals surface area contributed by atoms with E-state index in [1.54, 1.807) is 12.1 Å². The summed E-state index contributed by atoms with van der Waals surface area (Å²) in [5, 5.41) is 3.70. The summed E-state index contributed by atoms with van der Waals surface area (Å²) in [6.45, 7) is 1.61. The number of hydrogen-bond donors (Lipinski definition) is 2. The molecule has 2 saturated carbocycles. The Morgan fingerprint density at radius 3 is 2.87 bits per heavy atom. The molecule has 2 N–H and O–H groups in total. The summed E-state index contributed by atoms with van der Waals surface area (Å²) in [6, 6.07) is 7.70. The van der Waals surface area contributed by atoms with E-state index in [1.807, 2.05) is 12.1 Å². The normalized spacial score (nSPS) is 31.4. The zero-order chi connectivity index (χ0) is 16.1. The highest BCUT2D eigenvalue weighted by molar-refractivity contribution is 7.89. The Bertz CT molecular complexity index is 700. The first-order chi connectivity index (χ1) is 11.1. The highest BCUT2D eigenvalue weighted by Crippen LogP contribution is 2.62. The maximum atomic E-state index is 11.9. The lowest BCUT2D eigenvalue weighted by Gasteiger charge is -2.63. The molecule has 1 aromatic carbocycles. The Labute approximate surface area is 137 Å². The molecule has 0 aromatic heterocycles. The minimum atomic E-state index is -3.38. The second-order valence-electron chi connectivity index (χ2n) is 7.04. The third kappa shape index (κ3) is 2.35. The highest BCUT2D eigenvalue weighted by Gasteiger charge is 2.66. The van der Waals surface area contributed by atoms with E-state index in [9.17, 15) is 8.42 Å². The van der Waals surface area contributed by atoms with Gasteiger partial charge in [0.25, 0.3) is 0 Å². The molecule has 0 amide bonds. The van der Waals surface area contributed by atoms with Gasteiger partial charge in [-0.1, -0.05) is 18.6 Å². The van der Waals surface area contributed by atoms with E-state index in [0.717, 1.165) is 18.6 Å². The van der Waals surface area contributed by atoms with Crippen LogP contribution in [0, 0.1) is 11.3 Å². The monoisotopic (exact) mass is 336 g/mol. The molecule has 5 nitrogen and oxygen atoms in total. The fourth-order valence-electron chi connectivity index (χ4n) is 4.73. The van der Waals surface area contributed by atoms with Gasteiger partial charge in [-0.05, 0) is 44.0 Å². The van der Waals surface area contributed by atoms with Gasteiger partial charge in [-0.15, -0.1) is 0 Å². The van der Waals surface area contributed by atoms with Crippen LogP contribution >= 0.6 is 0 Å². The zero-order valence-electron chi connectivity index (χ0n) is 13.4. The molecule has 2 aliphatic carbocycles. The van der Waals surface area contributed by atoms with Gasteiger partial charge in [0.2, 0.25) is 10.0 Å². The smallest absolute Gasteiger partial charge is 0.240 e. The summed E-state index contributed by atoms with van der Waals surface area (Å²) >= 11 is 0. The standard InChI is InChI=1S/C17H24N2O3S/c1-18-23(20,21)13-5-2-4-12(10-13)11-19-15-14-6-9-22-16(14)17(15)7-3-8-17/h2,4-5,10,14-16,18-19H,3,6-9,11H2,1H3. The summed E-state index contributed by atoms with van der Waals surface area (Å²) in [6.07, 6.45) is 5.45. The van der Waals surface area contributed by atoms with Crippen molar-refractivity contribution in [3.05, 3.63) is 29.8 Å². The Hall–Kier alpha value is -0.950. The predicted molar refractivity (Wildman–Crippen MR) is 87.4 cm³/mol. The lowest BCUT2D eigenvalue weighted by Crippen LogP contribution is -2.70. The van der Waals surface area contributed by atoms with Crippen molar-refractivity contribution in [1.29, 1.82) is 0 Å². The van der Waals surface area contributed by atoms with E-state index in [1.165, 1.54) is 26.3 Å². The minimum absolute atomic E-state index is 0.327. The van der Waals surface area contributed by atoms with Gasteiger partial charge in [-0.25, -0.2) is 13.1 Å². The van der Waals surface area contributed by atoms with Crippen molar-refractivity contribution in [3.63, 3.8) is 0 Å². The molecule has 126 valence electrons. The van der Waals surface area contributed by atoms with Crippen molar-refractivity contribution in [3.8, 4) is 0 Å². The number of sulfonamides is 1. The Morgan fingerprint density at radius 2 is 2.17 bits per heavy atom. The van der Waals surface area contributed by atoms with Crippen LogP contribution in [0.2, 0.25) is 0 Å². The third-order valence-corrected chi connectivity index (χ3v) is 7.45. The van der Waals surface area contributed by atoms with Crippen LogP contribution in [0.5, 0.6) is 0 Å². The Balaban J connectivity index is 1.46. The molecule has 23 heavy (non-hydrogen) atoms. The van der Waals surface area contributed by atoms with Gasteiger partial charge in [-0.3, -0.25) is 0 Å². The average Bonchev–Trinajstić information content (AvgIpc) is 2.91. The van der Waals surface area contributed by atoms with E-state index >= 15 is 0 Å². The van der Waals surface area contributed by atoms with Crippen molar-refractivity contribution in [2.24, 2.45) is 11.3 Å². The van der Waals surface area contributed by atoms with Gasteiger partial charge in [0.15, 0.2) is 0 Å². The molecule has 1 aromatic rings. The minimum Gasteiger partial charge on any atom is -0.377 e. The number of fused-ring (bicyclic) bond motifs is 2. The van der Waals surface area contributed by atoms with Crippen molar-refractivity contribution in [2.75, 3.05) is 13.7 Å². The summed E-state index contributed by atoms with van der Waals surface area (Å²) < 4.78 is 32.1. The quantitative estimate of drug-likeness (QED) is 0.858. The van der Waals surface area contributed by atoms with Crippen LogP contribution in [0.15, 0.2) is 29.2 Å². The van der Waals surface area contributed by atoms with Crippen molar-refractivity contribution >= 4 is 10.0 Å². The fourth-order valence-corrected chi connectivity index (χ4v) is 5.53. The van der Waals surface area contributed by atoms with Crippen LogP contribution in [-0.4, -0.2) is 34.2 Å². The number of benzene rings is 1. The third-order valence-electron chi connectivity index (χ3n) is 6.04. The largest absolute Gasteiger partial charge is 0.377 e. The topological polar surface area (TPSA) is 67.4 Å². The molecule has 3 aliphatic rings. The second-order valence-corrected chi connectivity index (χ2v) is 8.93. The maximum Gasteiger partial charge on any atom is 0.240 e. The Kier molecular flexibility index (Phi) is 3.76. The molecule has 6 heteroatoms. The van der Waals surface area contributed by atoms with E-state index in [0.29, 0.717) is 34.9 Å². The molecule has 1 aliphatic heterocycles. The molecule has 1 saturated heterocycles. The second kappa shape index (κ2) is 5.55. The van der Waals surface area contributed by atoms with Crippen LogP contribution in [0.1, 0.15) is 31.2 Å². The Morgan fingerprint density at radius 1 is 1.35 bits per heavy atom. The van der Waals surface area contributed by atoms with Crippen LogP contribution < -0.4 is 10.0 Å². The van der Waals surface area contributed by atoms with E-state index < -0.39 is 10.0 Å². The molecule has 3 fully saturated rings. The zero-order valence-corrected chi connectivity index (χ0v) is 14.2. The summed E-state index contributed by atoms with van der Waals surface area (Å²) in [7, 11) is -1.94. The molecule has 3 atom stereocenters. The van der Waals surface area contributed by atoms with Gasteiger partial charge >= 0.3 is 0 Å². The molecule has 1 spiro atoms. The molecule has 0 radical (unpaired) electrons. The highest BCUT2D eigenvalue weighted by atomic mass is 32.2. The van der Waals surface area contributed by atoms with Crippen LogP contribution in [-0.2, 0) is 21.3 Å². The van der Waals surface area contributed by atoms with E-state index in [-0.39, 0.29) is 0 Å². The first-order valence-electron chi connectivity index (χ1n) is 8.44. The van der Waals surface area contributed by atoms with Crippen molar-refractivity contribution in [1.82, 2.24) is 10.0 Å². The molecule has 0 bridgehead atoms. The summed E-state index contributed by atoms with van der Waals surface area (Å²) in [4.78, 5) is 0.327. The average molecular weight is 336 g/mol. The number of rotatable bonds is 5. The number of nitrogens with one attached hydrogen (secondary N) is 2. The van der Waals surface area contributed by atoms with Crippen molar-refractivity contribution < 1.29 is 13.2 Å². The molecular formula is C17H24N2O3S. The van der Waals surface area contributed by atoms with E-state index in [2.05, 4.69) is 10.0 Å². The summed E-state index contributed by atoms with van der Waals surface area (Å²) in [5.41, 5.74) is 1.37. The van der Waals surface area contributed by atoms with E-state index in [4.69, 9.17) is 4.74 Å². The molecule has 4 rings (SSSR count). The molecule has 1 heterocycles. The number of hydrogen-bond acceptors (Lipinski definition) is 4. The van der Waals surface area contributed by atoms with Crippen LogP contribution in [0.4, 0.5) is 0 Å². The fraction of sp³-hybridized carbons (Fsp3) is 0.647. The first kappa shape index (κ1) is 15.6. The van der Waals surface area contributed by atoms with Gasteiger partial charge in [0.1, 0.15) is 0 Å². The predicted octanol–water partition coefficient (Wildman–Crippen LogP) is 1.64. The van der Waals surface area contributed by atoms with Gasteiger partial charge < -0.3 is 10.1 Å². The number of ether oxygens (including phenoxy) is 1. The van der Waals surface area contributed by atoms with Crippen LogP contribution in [0.25, 0.3) is 0 Å². The lowest BCUT2D eigenvalue weighted by atomic mass is 9.46. The SMILES string of the molecule is CNS(=O)(=O)c1cccc(CNC2C3CCOC3C23CCC3)c1. The van der Waals surface area contributed by atoms with Gasteiger partial charge in [-0.2, -0.15) is 0 Å². The first-order valence-corrected chi connectivity index (χ1v) is 9.93. The van der Waals surface area contributed by atoms with Crippen molar-refractivity contribution in [2.45, 2.75) is 49.3 Å². The summed E-state index contributed by atoms with van der Waals surface area (Å²) in [5.74, 6) is 0.638. The lowest BCUT2D eigenvalue weighted by molar-refractivity contribution is -0.176. The molecular weight excluding hydrogens is 312 g/mol. The van der Waals surface area contributed by atoms with Gasteiger partial charge in [0.05, 0.1) is 11.0 Å². The molecule has 3 unspecified atom stereocenters.